The van der Waals surface area contributed by atoms with Crippen molar-refractivity contribution in [2.24, 2.45) is 16.5 Å². The third-order valence-electron chi connectivity index (χ3n) is 3.62. The lowest BCUT2D eigenvalue weighted by molar-refractivity contribution is -0.742. The van der Waals surface area contributed by atoms with Gasteiger partial charge in [0.2, 0.25) is 0 Å². The number of ether oxygens (including phenoxy) is 1. The molecule has 0 saturated carbocycles. The second kappa shape index (κ2) is 11.9. The highest BCUT2D eigenvalue weighted by molar-refractivity contribution is 5.75. The number of hydrogen-bond acceptors (Lipinski definition) is 5. The predicted molar refractivity (Wildman–Crippen MR) is 95.1 cm³/mol. The van der Waals surface area contributed by atoms with Gasteiger partial charge in [0.1, 0.15) is 5.75 Å². The molecule has 1 saturated heterocycles. The lowest BCUT2D eigenvalue weighted by Gasteiger charge is -2.26. The van der Waals surface area contributed by atoms with E-state index in [4.69, 9.17) is 31.5 Å². The number of nitrogens with two attached hydrogens (primary N) is 2. The highest BCUT2D eigenvalue weighted by atomic mass is 16.9. The molecule has 1 aromatic carbocycles. The van der Waals surface area contributed by atoms with Gasteiger partial charge < -0.3 is 21.4 Å². The Morgan fingerprint density at radius 1 is 1.32 bits per heavy atom. The summed E-state index contributed by atoms with van der Waals surface area (Å²) in [5.74, 6) is 1.06. The van der Waals surface area contributed by atoms with Gasteiger partial charge in [0.15, 0.2) is 5.96 Å². The number of hydrogen-bond donors (Lipinski definition) is 3. The maximum absolute atomic E-state index is 8.36. The van der Waals surface area contributed by atoms with Crippen LogP contribution in [0.2, 0.25) is 0 Å². The summed E-state index contributed by atoms with van der Waals surface area (Å²) in [6.45, 7) is 4.68. The highest BCUT2D eigenvalue weighted by Crippen LogP contribution is 2.17. The summed E-state index contributed by atoms with van der Waals surface area (Å²) in [6.07, 6.45) is 4.83. The summed E-state index contributed by atoms with van der Waals surface area (Å²) in [4.78, 5) is 14.8. The summed E-state index contributed by atoms with van der Waals surface area (Å²) in [5.41, 5.74) is 11.9. The van der Waals surface area contributed by atoms with Gasteiger partial charge >= 0.3 is 0 Å². The summed E-state index contributed by atoms with van der Waals surface area (Å²) in [7, 11) is 0. The topological polar surface area (TPSA) is 140 Å². The minimum Gasteiger partial charge on any atom is -0.494 e. The van der Waals surface area contributed by atoms with Gasteiger partial charge in [-0.1, -0.05) is 18.6 Å². The van der Waals surface area contributed by atoms with E-state index < -0.39 is 5.09 Å². The Bertz CT molecular complexity index is 539. The third kappa shape index (κ3) is 10.8. The van der Waals surface area contributed by atoms with E-state index in [0.717, 1.165) is 18.7 Å². The van der Waals surface area contributed by atoms with Gasteiger partial charge in [-0.3, -0.25) is 9.89 Å². The normalized spacial score (nSPS) is 14.1. The number of nitrogens with zero attached hydrogens (tertiary/aromatic N) is 3. The van der Waals surface area contributed by atoms with Crippen LogP contribution < -0.4 is 16.2 Å². The van der Waals surface area contributed by atoms with Gasteiger partial charge in [0.25, 0.3) is 5.09 Å². The fraction of sp³-hybridized carbons (Fsp3) is 0.562. The number of piperidine rings is 1. The summed E-state index contributed by atoms with van der Waals surface area (Å²) >= 11 is 0. The summed E-state index contributed by atoms with van der Waals surface area (Å²) < 4.78 is 5.75. The van der Waals surface area contributed by atoms with Gasteiger partial charge in [-0.25, -0.2) is 0 Å². The summed E-state index contributed by atoms with van der Waals surface area (Å²) in [5, 5.41) is 13.6. The van der Waals surface area contributed by atoms with Gasteiger partial charge in [-0.2, -0.15) is 0 Å². The van der Waals surface area contributed by atoms with Crippen molar-refractivity contribution in [2.45, 2.75) is 32.2 Å². The maximum atomic E-state index is 8.36. The zero-order valence-corrected chi connectivity index (χ0v) is 14.3. The average Bonchev–Trinajstić information content (AvgIpc) is 2.55. The van der Waals surface area contributed by atoms with Crippen molar-refractivity contribution in [3.63, 3.8) is 0 Å². The molecular formula is C16H27N5O4. The molecule has 0 bridgehead atoms. The first-order valence-corrected chi connectivity index (χ1v) is 8.30. The van der Waals surface area contributed by atoms with Crippen molar-refractivity contribution in [3.05, 3.63) is 39.9 Å². The van der Waals surface area contributed by atoms with Crippen LogP contribution in [0.5, 0.6) is 5.75 Å². The minimum atomic E-state index is -1.50. The van der Waals surface area contributed by atoms with E-state index in [2.05, 4.69) is 28.1 Å². The largest absolute Gasteiger partial charge is 0.494 e. The van der Waals surface area contributed by atoms with E-state index in [1.807, 2.05) is 6.07 Å². The third-order valence-corrected chi connectivity index (χ3v) is 3.62. The second-order valence-electron chi connectivity index (χ2n) is 5.73. The monoisotopic (exact) mass is 353 g/mol. The molecular weight excluding hydrogens is 326 g/mol. The van der Waals surface area contributed by atoms with Crippen LogP contribution in [0.25, 0.3) is 0 Å². The molecule has 0 amide bonds. The van der Waals surface area contributed by atoms with Crippen molar-refractivity contribution < 1.29 is 15.0 Å². The summed E-state index contributed by atoms with van der Waals surface area (Å²) in [6, 6.07) is 8.36. The van der Waals surface area contributed by atoms with E-state index in [1.54, 1.807) is 0 Å². The minimum absolute atomic E-state index is 0.138. The van der Waals surface area contributed by atoms with Crippen molar-refractivity contribution in [1.82, 2.24) is 4.90 Å². The van der Waals surface area contributed by atoms with E-state index in [0.29, 0.717) is 13.2 Å². The molecule has 0 spiro atoms. The van der Waals surface area contributed by atoms with Crippen LogP contribution in [-0.2, 0) is 6.54 Å². The predicted octanol–water partition coefficient (Wildman–Crippen LogP) is 1.37. The molecule has 0 unspecified atom stereocenters. The fourth-order valence-corrected chi connectivity index (χ4v) is 2.57. The van der Waals surface area contributed by atoms with Gasteiger partial charge in [-0.05, 0) is 43.6 Å². The lowest BCUT2D eigenvalue weighted by atomic mass is 10.1. The number of guanidine groups is 1. The van der Waals surface area contributed by atoms with Crippen LogP contribution in [0.15, 0.2) is 29.3 Å². The molecule has 1 heterocycles. The Hall–Kier alpha value is -2.55. The van der Waals surface area contributed by atoms with Crippen LogP contribution in [-0.4, -0.2) is 47.4 Å². The Balaban J connectivity index is 0.000000705. The van der Waals surface area contributed by atoms with E-state index in [9.17, 15) is 0 Å². The molecule has 1 fully saturated rings. The molecule has 1 aliphatic rings. The van der Waals surface area contributed by atoms with E-state index in [1.165, 1.54) is 37.9 Å². The number of benzene rings is 1. The Morgan fingerprint density at radius 2 is 2.00 bits per heavy atom. The average molecular weight is 353 g/mol. The van der Waals surface area contributed by atoms with Crippen molar-refractivity contribution >= 4 is 5.96 Å². The van der Waals surface area contributed by atoms with Crippen LogP contribution >= 0.6 is 0 Å². The fourth-order valence-electron chi connectivity index (χ4n) is 2.57. The quantitative estimate of drug-likeness (QED) is 0.221. The number of rotatable bonds is 7. The first-order valence-electron chi connectivity index (χ1n) is 8.30. The van der Waals surface area contributed by atoms with Crippen molar-refractivity contribution in [1.29, 1.82) is 0 Å². The van der Waals surface area contributed by atoms with Crippen LogP contribution in [0.4, 0.5) is 0 Å². The van der Waals surface area contributed by atoms with Crippen LogP contribution in [0.3, 0.4) is 0 Å². The molecule has 25 heavy (non-hydrogen) atoms. The highest BCUT2D eigenvalue weighted by Gasteiger charge is 2.10. The second-order valence-corrected chi connectivity index (χ2v) is 5.73. The molecule has 1 aliphatic heterocycles. The van der Waals surface area contributed by atoms with Crippen molar-refractivity contribution in [3.8, 4) is 5.75 Å². The first kappa shape index (κ1) is 20.5. The number of likely N-dealkylation sites (tertiary alicyclic amines) is 1. The molecule has 9 heteroatoms. The molecule has 0 radical (unpaired) electrons. The molecule has 0 aromatic heterocycles. The molecule has 0 atom stereocenters. The Labute approximate surface area is 147 Å². The zero-order chi connectivity index (χ0) is 18.5. The van der Waals surface area contributed by atoms with Gasteiger partial charge in [0.05, 0.1) is 6.61 Å². The van der Waals surface area contributed by atoms with Crippen LogP contribution in [0, 0.1) is 10.1 Å². The SMILES string of the molecule is NC(N)=NCCCOc1cccc(CN2CCCCC2)c1.O=[N+]([O-])O. The lowest BCUT2D eigenvalue weighted by Crippen LogP contribution is -2.29. The molecule has 1 aromatic rings. The Morgan fingerprint density at radius 3 is 2.64 bits per heavy atom. The Kier molecular flexibility index (Phi) is 9.76. The maximum Gasteiger partial charge on any atom is 0.291 e. The smallest absolute Gasteiger partial charge is 0.291 e. The van der Waals surface area contributed by atoms with Gasteiger partial charge in [-0.15, -0.1) is 10.1 Å². The van der Waals surface area contributed by atoms with E-state index in [-0.39, 0.29) is 5.96 Å². The molecule has 9 nitrogen and oxygen atoms in total. The van der Waals surface area contributed by atoms with Gasteiger partial charge in [0, 0.05) is 19.5 Å². The zero-order valence-electron chi connectivity index (χ0n) is 14.3. The molecule has 2 rings (SSSR count). The molecule has 0 aliphatic carbocycles. The first-order chi connectivity index (χ1) is 12.0. The van der Waals surface area contributed by atoms with Crippen LogP contribution in [0.1, 0.15) is 31.2 Å². The standard InChI is InChI=1S/C16H26N4O.HNO3/c17-16(18)19-8-5-11-21-15-7-4-6-14(12-15)13-20-9-2-1-3-10-20;2-1(3)4/h4,6-7,12H,1-3,5,8-11,13H2,(H4,17,18,19);(H,2,3,4). The number of aliphatic imine (C=N–C) groups is 1. The molecule has 5 N–H and O–H groups in total. The van der Waals surface area contributed by atoms with Crippen molar-refractivity contribution in [2.75, 3.05) is 26.2 Å². The molecule has 140 valence electrons. The van der Waals surface area contributed by atoms with E-state index >= 15 is 0 Å².